The molecule has 206 valence electrons. The number of hydrogen-bond donors (Lipinski definition) is 0. The van der Waals surface area contributed by atoms with E-state index in [4.69, 9.17) is 4.74 Å². The quantitative estimate of drug-likeness (QED) is 0.296. The molecule has 6 heteroatoms. The van der Waals surface area contributed by atoms with Crippen molar-refractivity contribution in [2.75, 3.05) is 7.11 Å². The summed E-state index contributed by atoms with van der Waals surface area (Å²) in [5, 5.41) is 9.89. The molecular weight excluding hydrogens is 481 g/mol. The first-order valence-electron chi connectivity index (χ1n) is 14.3. The van der Waals surface area contributed by atoms with E-state index in [9.17, 15) is 19.6 Å². The molecular formula is C33H44LiNO4. The number of ether oxygens (including phenoxy) is 1. The molecule has 0 N–H and O–H groups in total. The maximum absolute atomic E-state index is 14.6. The number of carbonyl (C=O) groups excluding carboxylic acids is 3. The Labute approximate surface area is 246 Å². The molecule has 0 amide bonds. The van der Waals surface area contributed by atoms with Crippen LogP contribution in [0.2, 0.25) is 0 Å². The van der Waals surface area contributed by atoms with Gasteiger partial charge in [-0.15, -0.1) is 5.41 Å². The Kier molecular flexibility index (Phi) is 6.76. The van der Waals surface area contributed by atoms with Gasteiger partial charge in [-0.2, -0.15) is 11.7 Å². The summed E-state index contributed by atoms with van der Waals surface area (Å²) in [6.45, 7) is 17.3. The van der Waals surface area contributed by atoms with E-state index in [1.807, 2.05) is 26.0 Å². The Morgan fingerprint density at radius 1 is 0.974 bits per heavy atom. The zero-order valence-electron chi connectivity index (χ0n) is 25.8. The first-order chi connectivity index (χ1) is 17.4. The van der Waals surface area contributed by atoms with Crippen molar-refractivity contribution in [1.29, 1.82) is 5.26 Å². The fraction of sp³-hybridized carbons (Fsp3) is 0.727. The summed E-state index contributed by atoms with van der Waals surface area (Å²) >= 11 is 0. The van der Waals surface area contributed by atoms with Crippen LogP contribution in [0, 0.1) is 61.1 Å². The van der Waals surface area contributed by atoms with Crippen molar-refractivity contribution < 1.29 is 38.0 Å². The number of esters is 1. The minimum atomic E-state index is -0.760. The third-order valence-electron chi connectivity index (χ3n) is 12.7. The average Bonchev–Trinajstić information content (AvgIpc) is 2.81. The summed E-state index contributed by atoms with van der Waals surface area (Å²) < 4.78 is 5.47. The number of allylic oxidation sites excluding steroid dienone is 4. The number of hydrogen-bond acceptors (Lipinski definition) is 5. The van der Waals surface area contributed by atoms with Gasteiger partial charge in [0.25, 0.3) is 0 Å². The van der Waals surface area contributed by atoms with Crippen molar-refractivity contribution in [2.24, 2.45) is 43.8 Å². The normalized spacial score (nSPS) is 44.2. The summed E-state index contributed by atoms with van der Waals surface area (Å²) in [6.07, 6.45) is 9.32. The van der Waals surface area contributed by atoms with Crippen molar-refractivity contribution in [3.05, 3.63) is 29.2 Å². The van der Waals surface area contributed by atoms with Crippen LogP contribution in [-0.4, -0.2) is 24.6 Å². The van der Waals surface area contributed by atoms with Crippen LogP contribution in [0.15, 0.2) is 23.3 Å². The van der Waals surface area contributed by atoms with Gasteiger partial charge in [0.15, 0.2) is 5.78 Å². The van der Waals surface area contributed by atoms with Gasteiger partial charge >= 0.3 is 24.8 Å². The summed E-state index contributed by atoms with van der Waals surface area (Å²) in [5.74, 6) is 0.611. The number of ketones is 2. The number of carbonyl (C=O) groups is 3. The van der Waals surface area contributed by atoms with Crippen molar-refractivity contribution in [3.63, 3.8) is 0 Å². The van der Waals surface area contributed by atoms with Crippen LogP contribution in [0.5, 0.6) is 0 Å². The molecule has 5 aliphatic rings. The van der Waals surface area contributed by atoms with Gasteiger partial charge in [-0.25, -0.2) is 0 Å². The standard InChI is InChI=1S/C33H44NO4.Li/c1-27(2)12-14-33(26(37)38-9)15-13-31(7)24(32(33,8)19-27)21(35)16-23-29(5)17-20(18-34)25(36)28(3,4)22(29)10-11-30(23,31)6;/h16-17,24H,10-15,19H2,1-9H3;/q-1;+1/t24-,29-,30+,31+,32-,33+;/m0./s1. The molecule has 0 saturated heterocycles. The third-order valence-corrected chi connectivity index (χ3v) is 12.7. The minimum Gasteiger partial charge on any atom is -0.469 e. The van der Waals surface area contributed by atoms with Crippen molar-refractivity contribution in [3.8, 4) is 6.07 Å². The van der Waals surface area contributed by atoms with E-state index >= 15 is 0 Å². The monoisotopic (exact) mass is 525 g/mol. The molecule has 0 aliphatic heterocycles. The molecule has 39 heavy (non-hydrogen) atoms. The predicted octanol–water partition coefficient (Wildman–Crippen LogP) is 3.73. The smallest absolute Gasteiger partial charge is 0.469 e. The van der Waals surface area contributed by atoms with Crippen LogP contribution in [0.1, 0.15) is 100 Å². The second-order valence-electron chi connectivity index (χ2n) is 15.3. The van der Waals surface area contributed by atoms with Gasteiger partial charge in [0.1, 0.15) is 11.9 Å². The zero-order valence-corrected chi connectivity index (χ0v) is 25.8. The van der Waals surface area contributed by atoms with Gasteiger partial charge in [0.05, 0.1) is 18.1 Å². The Bertz CT molecular complexity index is 1250. The second-order valence-corrected chi connectivity index (χ2v) is 15.3. The Hall–Kier alpha value is -1.62. The number of nitriles is 1. The van der Waals surface area contributed by atoms with Gasteiger partial charge in [0, 0.05) is 5.92 Å². The molecule has 5 nitrogen and oxygen atoms in total. The van der Waals surface area contributed by atoms with Crippen LogP contribution in [-0.2, 0) is 19.1 Å². The molecule has 0 radical (unpaired) electrons. The SMILES string of the molecule is COC(=O)[C@]12CCC(C)(C)C[C@@]1(C)[C@H]1C(=O)C=C3[C@@]4(C)C=C(C#N)C(=O)C(C)(C)[C-]4CC[C@@]3(C)[C@]1(C)CC2.[Li+]. The number of Topliss-reactive ketones (excluding diaryl/α,β-unsaturated/α-hetero) is 1. The van der Waals surface area contributed by atoms with E-state index < -0.39 is 21.7 Å². The van der Waals surface area contributed by atoms with Crippen LogP contribution in [0.25, 0.3) is 0 Å². The minimum absolute atomic E-state index is 0. The summed E-state index contributed by atoms with van der Waals surface area (Å²) in [5.41, 5.74) is -2.01. The third kappa shape index (κ3) is 3.47. The molecule has 0 bridgehead atoms. The van der Waals surface area contributed by atoms with Gasteiger partial charge < -0.3 is 4.74 Å². The summed E-state index contributed by atoms with van der Waals surface area (Å²) in [7, 11) is 1.48. The van der Waals surface area contributed by atoms with E-state index in [1.54, 1.807) is 0 Å². The van der Waals surface area contributed by atoms with Crippen molar-refractivity contribution in [1.82, 2.24) is 0 Å². The van der Waals surface area contributed by atoms with E-state index in [0.717, 1.165) is 50.0 Å². The topological polar surface area (TPSA) is 84.2 Å². The van der Waals surface area contributed by atoms with E-state index in [1.165, 1.54) is 7.11 Å². The first-order valence-corrected chi connectivity index (χ1v) is 14.3. The molecule has 6 atom stereocenters. The van der Waals surface area contributed by atoms with E-state index in [0.29, 0.717) is 6.42 Å². The number of methoxy groups -OCH3 is 1. The number of fused-ring (bicyclic) bond motifs is 7. The van der Waals surface area contributed by atoms with Crippen molar-refractivity contribution in [2.45, 2.75) is 100 Å². The molecule has 0 spiro atoms. The summed E-state index contributed by atoms with van der Waals surface area (Å²) in [4.78, 5) is 41.4. The molecule has 3 saturated carbocycles. The Balaban J connectivity index is 0.00000353. The van der Waals surface area contributed by atoms with E-state index in [-0.39, 0.29) is 64.1 Å². The molecule has 0 heterocycles. The molecule has 5 aliphatic carbocycles. The van der Waals surface area contributed by atoms with Gasteiger partial charge in [-0.3, -0.25) is 20.3 Å². The largest absolute Gasteiger partial charge is 1.00 e. The average molecular weight is 526 g/mol. The van der Waals surface area contributed by atoms with Crippen LogP contribution in [0.4, 0.5) is 0 Å². The van der Waals surface area contributed by atoms with Gasteiger partial charge in [-0.1, -0.05) is 78.9 Å². The first kappa shape index (κ1) is 30.3. The zero-order chi connectivity index (χ0) is 28.3. The maximum atomic E-state index is 14.6. The molecule has 3 fully saturated rings. The molecule has 0 aromatic carbocycles. The van der Waals surface area contributed by atoms with Crippen LogP contribution in [0.3, 0.4) is 0 Å². The number of rotatable bonds is 1. The second kappa shape index (κ2) is 8.69. The van der Waals surface area contributed by atoms with Gasteiger partial charge in [-0.05, 0) is 59.8 Å². The molecule has 0 unspecified atom stereocenters. The predicted molar refractivity (Wildman–Crippen MR) is 145 cm³/mol. The summed E-state index contributed by atoms with van der Waals surface area (Å²) in [6, 6.07) is 2.16. The Morgan fingerprint density at radius 3 is 2.18 bits per heavy atom. The van der Waals surface area contributed by atoms with Crippen molar-refractivity contribution >= 4 is 17.5 Å². The van der Waals surface area contributed by atoms with Crippen LogP contribution >= 0.6 is 0 Å². The van der Waals surface area contributed by atoms with Gasteiger partial charge in [0.2, 0.25) is 0 Å². The molecule has 5 rings (SSSR count). The fourth-order valence-electron chi connectivity index (χ4n) is 10.7. The molecule has 0 aromatic heterocycles. The Morgan fingerprint density at radius 2 is 1.59 bits per heavy atom. The van der Waals surface area contributed by atoms with Crippen LogP contribution < -0.4 is 18.9 Å². The van der Waals surface area contributed by atoms with E-state index in [2.05, 4.69) is 47.6 Å². The fourth-order valence-corrected chi connectivity index (χ4v) is 10.7. The maximum Gasteiger partial charge on any atom is 1.00 e. The molecule has 0 aromatic rings. The number of nitrogens with zero attached hydrogens (tertiary/aromatic N) is 1.